The molecule has 0 fully saturated rings. The van der Waals surface area contributed by atoms with Crippen LogP contribution in [0.25, 0.3) is 0 Å². The van der Waals surface area contributed by atoms with Gasteiger partial charge in [0.15, 0.2) is 5.60 Å². The van der Waals surface area contributed by atoms with Crippen LogP contribution in [-0.4, -0.2) is 11.5 Å². The molecule has 174 valence electrons. The highest BCUT2D eigenvalue weighted by Crippen LogP contribution is 2.56. The molecule has 0 aliphatic carbocycles. The number of carbonyl (C=O) groups is 1. The molecule has 1 unspecified atom stereocenters. The van der Waals surface area contributed by atoms with E-state index in [2.05, 4.69) is 43.4 Å². The van der Waals surface area contributed by atoms with Crippen LogP contribution in [0.4, 0.5) is 11.4 Å². The number of rotatable bonds is 4. The lowest BCUT2D eigenvalue weighted by Gasteiger charge is -2.37. The van der Waals surface area contributed by atoms with Gasteiger partial charge in [0.2, 0.25) is 0 Å². The van der Waals surface area contributed by atoms with E-state index in [1.165, 1.54) is 5.56 Å². The first kappa shape index (κ1) is 21.3. The van der Waals surface area contributed by atoms with Crippen LogP contribution in [0.5, 0.6) is 11.5 Å². The van der Waals surface area contributed by atoms with E-state index in [0.717, 1.165) is 28.8 Å². The molecule has 1 atom stereocenters. The van der Waals surface area contributed by atoms with E-state index in [1.54, 1.807) is 6.07 Å². The molecule has 0 amide bonds. The van der Waals surface area contributed by atoms with Crippen molar-refractivity contribution in [2.75, 3.05) is 11.1 Å². The maximum atomic E-state index is 13.0. The summed E-state index contributed by atoms with van der Waals surface area (Å²) < 4.78 is 12.5. The van der Waals surface area contributed by atoms with Crippen molar-refractivity contribution in [3.63, 3.8) is 0 Å². The van der Waals surface area contributed by atoms with Gasteiger partial charge in [-0.2, -0.15) is 0 Å². The number of nitrogens with one attached hydrogen (secondary N) is 1. The van der Waals surface area contributed by atoms with E-state index in [1.807, 2.05) is 60.7 Å². The number of hydrogen-bond donors (Lipinski definition) is 2. The first-order valence-electron chi connectivity index (χ1n) is 11.7. The minimum absolute atomic E-state index is 0.213. The van der Waals surface area contributed by atoms with Crippen molar-refractivity contribution in [2.24, 2.45) is 0 Å². The monoisotopic (exact) mass is 462 g/mol. The minimum Gasteiger partial charge on any atom is -0.456 e. The Kier molecular flexibility index (Phi) is 4.65. The second kappa shape index (κ2) is 7.64. The van der Waals surface area contributed by atoms with Crippen molar-refractivity contribution < 1.29 is 14.3 Å². The molecular formula is C30H26N2O3. The Balaban J connectivity index is 1.47. The topological polar surface area (TPSA) is 73.6 Å². The molecule has 4 aromatic rings. The number of esters is 1. The standard InChI is InChI=1S/C30H26N2O3/c1-29(2,18-19-8-4-3-5-9-19)32-21-13-15-26-25(17-21)30(24-14-12-20(31)16-27(24)34-26)23-11-7-6-10-22(23)28(33)35-30/h3-17,32H,18,31H2,1-2H3. The zero-order valence-corrected chi connectivity index (χ0v) is 19.7. The van der Waals surface area contributed by atoms with Gasteiger partial charge in [0.05, 0.1) is 5.56 Å². The normalized spacial score (nSPS) is 17.7. The Morgan fingerprint density at radius 2 is 1.60 bits per heavy atom. The first-order valence-corrected chi connectivity index (χ1v) is 11.7. The average molecular weight is 463 g/mol. The molecule has 0 bridgehead atoms. The lowest BCUT2D eigenvalue weighted by molar-refractivity contribution is 0.0224. The highest BCUT2D eigenvalue weighted by molar-refractivity contribution is 5.97. The van der Waals surface area contributed by atoms with Crippen molar-refractivity contribution in [1.29, 1.82) is 0 Å². The van der Waals surface area contributed by atoms with Crippen LogP contribution in [0.2, 0.25) is 0 Å². The number of nitrogens with two attached hydrogens (primary N) is 1. The Hall–Kier alpha value is -4.25. The van der Waals surface area contributed by atoms with Crippen molar-refractivity contribution in [1.82, 2.24) is 0 Å². The number of ether oxygens (including phenoxy) is 2. The molecule has 1 spiro atoms. The van der Waals surface area contributed by atoms with E-state index in [9.17, 15) is 4.79 Å². The van der Waals surface area contributed by atoms with Gasteiger partial charge < -0.3 is 20.5 Å². The smallest absolute Gasteiger partial charge is 0.340 e. The molecule has 0 saturated carbocycles. The van der Waals surface area contributed by atoms with Gasteiger partial charge in [0, 0.05) is 39.7 Å². The fourth-order valence-electron chi connectivity index (χ4n) is 5.31. The van der Waals surface area contributed by atoms with Crippen LogP contribution < -0.4 is 15.8 Å². The van der Waals surface area contributed by atoms with Gasteiger partial charge in [-0.15, -0.1) is 0 Å². The number of nitrogen functional groups attached to an aromatic ring is 1. The van der Waals surface area contributed by atoms with E-state index in [0.29, 0.717) is 22.7 Å². The van der Waals surface area contributed by atoms with Gasteiger partial charge >= 0.3 is 5.97 Å². The fourth-order valence-corrected chi connectivity index (χ4v) is 5.31. The van der Waals surface area contributed by atoms with Crippen molar-refractivity contribution in [2.45, 2.75) is 31.4 Å². The van der Waals surface area contributed by atoms with Crippen LogP contribution >= 0.6 is 0 Å². The SMILES string of the molecule is CC(C)(Cc1ccccc1)Nc1ccc2c(c1)C1(OC(=O)c3ccccc31)c1ccc(N)cc1O2. The van der Waals surface area contributed by atoms with E-state index in [4.69, 9.17) is 15.2 Å². The maximum absolute atomic E-state index is 13.0. The fraction of sp³-hybridized carbons (Fsp3) is 0.167. The molecule has 4 aromatic carbocycles. The van der Waals surface area contributed by atoms with Crippen molar-refractivity contribution in [3.8, 4) is 11.5 Å². The molecule has 2 aliphatic rings. The minimum atomic E-state index is -1.11. The highest BCUT2D eigenvalue weighted by atomic mass is 16.6. The summed E-state index contributed by atoms with van der Waals surface area (Å²) >= 11 is 0. The third-order valence-electron chi connectivity index (χ3n) is 6.71. The number of anilines is 2. The highest BCUT2D eigenvalue weighted by Gasteiger charge is 2.53. The van der Waals surface area contributed by atoms with Crippen molar-refractivity contribution in [3.05, 3.63) is 119 Å². The van der Waals surface area contributed by atoms with E-state index < -0.39 is 5.60 Å². The van der Waals surface area contributed by atoms with Gasteiger partial charge in [-0.1, -0.05) is 48.5 Å². The predicted octanol–water partition coefficient (Wildman–Crippen LogP) is 6.27. The molecular weight excluding hydrogens is 436 g/mol. The summed E-state index contributed by atoms with van der Waals surface area (Å²) in [5.74, 6) is 0.880. The Morgan fingerprint density at radius 1 is 0.829 bits per heavy atom. The van der Waals surface area contributed by atoms with Crippen molar-refractivity contribution >= 4 is 17.3 Å². The summed E-state index contributed by atoms with van der Waals surface area (Å²) in [4.78, 5) is 13.0. The molecule has 35 heavy (non-hydrogen) atoms. The van der Waals surface area contributed by atoms with Gasteiger partial charge in [-0.3, -0.25) is 0 Å². The molecule has 2 heterocycles. The second-order valence-electron chi connectivity index (χ2n) is 9.86. The summed E-state index contributed by atoms with van der Waals surface area (Å²) in [6.07, 6.45) is 0.854. The molecule has 0 radical (unpaired) electrons. The number of fused-ring (bicyclic) bond motifs is 6. The second-order valence-corrected chi connectivity index (χ2v) is 9.86. The summed E-state index contributed by atoms with van der Waals surface area (Å²) in [5, 5.41) is 3.68. The zero-order valence-electron chi connectivity index (χ0n) is 19.7. The predicted molar refractivity (Wildman–Crippen MR) is 137 cm³/mol. The molecule has 6 rings (SSSR count). The third kappa shape index (κ3) is 3.43. The molecule has 2 aliphatic heterocycles. The maximum Gasteiger partial charge on any atom is 0.340 e. The van der Waals surface area contributed by atoms with E-state index in [-0.39, 0.29) is 11.5 Å². The quantitative estimate of drug-likeness (QED) is 0.276. The zero-order chi connectivity index (χ0) is 24.2. The van der Waals surface area contributed by atoms with Gasteiger partial charge in [-0.25, -0.2) is 4.79 Å². The van der Waals surface area contributed by atoms with Crippen LogP contribution in [0.3, 0.4) is 0 Å². The average Bonchev–Trinajstić information content (AvgIpc) is 3.13. The van der Waals surface area contributed by atoms with Gasteiger partial charge in [0.25, 0.3) is 0 Å². The van der Waals surface area contributed by atoms with Crippen LogP contribution in [0.1, 0.15) is 46.5 Å². The van der Waals surface area contributed by atoms with Crippen LogP contribution in [-0.2, 0) is 16.8 Å². The Labute approximate surface area is 204 Å². The lowest BCUT2D eigenvalue weighted by atomic mass is 9.77. The number of hydrogen-bond acceptors (Lipinski definition) is 5. The largest absolute Gasteiger partial charge is 0.456 e. The number of carbonyl (C=O) groups excluding carboxylic acids is 1. The summed E-state index contributed by atoms with van der Waals surface area (Å²) in [6, 6.07) is 29.4. The summed E-state index contributed by atoms with van der Waals surface area (Å²) in [5.41, 5.74) is 10.4. The van der Waals surface area contributed by atoms with Crippen LogP contribution in [0, 0.1) is 0 Å². The summed E-state index contributed by atoms with van der Waals surface area (Å²) in [6.45, 7) is 4.35. The van der Waals surface area contributed by atoms with Gasteiger partial charge in [-0.05, 0) is 62.2 Å². The lowest BCUT2D eigenvalue weighted by Crippen LogP contribution is -2.35. The van der Waals surface area contributed by atoms with E-state index >= 15 is 0 Å². The molecule has 3 N–H and O–H groups in total. The summed E-state index contributed by atoms with van der Waals surface area (Å²) in [7, 11) is 0. The Bertz CT molecular complexity index is 1460. The molecule has 5 heteroatoms. The third-order valence-corrected chi connectivity index (χ3v) is 6.71. The molecule has 0 aromatic heterocycles. The molecule has 0 saturated heterocycles. The Morgan fingerprint density at radius 3 is 2.43 bits per heavy atom. The number of benzene rings is 4. The molecule has 5 nitrogen and oxygen atoms in total. The van der Waals surface area contributed by atoms with Gasteiger partial charge in [0.1, 0.15) is 11.5 Å². The van der Waals surface area contributed by atoms with Crippen LogP contribution in [0.15, 0.2) is 91.0 Å². The first-order chi connectivity index (χ1) is 16.9.